The van der Waals surface area contributed by atoms with Crippen molar-refractivity contribution in [2.75, 3.05) is 11.9 Å². The molecule has 4 rings (SSSR count). The number of hydrogen-bond donors (Lipinski definition) is 3. The van der Waals surface area contributed by atoms with E-state index in [9.17, 15) is 9.90 Å². The van der Waals surface area contributed by atoms with Crippen LogP contribution in [0.1, 0.15) is 26.3 Å². The quantitative estimate of drug-likeness (QED) is 0.255. The summed E-state index contributed by atoms with van der Waals surface area (Å²) in [6, 6.07) is 18.0. The lowest BCUT2D eigenvalue weighted by Gasteiger charge is -2.19. The van der Waals surface area contributed by atoms with Gasteiger partial charge in [-0.05, 0) is 87.7 Å². The summed E-state index contributed by atoms with van der Waals surface area (Å²) in [6.07, 6.45) is 0. The highest BCUT2D eigenvalue weighted by Crippen LogP contribution is 2.31. The first-order valence-electron chi connectivity index (χ1n) is 10.8. The van der Waals surface area contributed by atoms with Crippen LogP contribution in [0, 0.1) is 0 Å². The van der Waals surface area contributed by atoms with E-state index < -0.39 is 0 Å². The summed E-state index contributed by atoms with van der Waals surface area (Å²) in [5.74, 6) is 0.794. The van der Waals surface area contributed by atoms with E-state index in [4.69, 9.17) is 21.4 Å². The highest BCUT2D eigenvalue weighted by molar-refractivity contribution is 9.10. The minimum absolute atomic E-state index is 0.0486. The van der Waals surface area contributed by atoms with Crippen LogP contribution in [-0.4, -0.2) is 27.7 Å². The third-order valence-corrected chi connectivity index (χ3v) is 6.02. The van der Waals surface area contributed by atoms with Crippen LogP contribution in [0.25, 0.3) is 22.6 Å². The highest BCUT2D eigenvalue weighted by Gasteiger charge is 2.14. The number of anilines is 1. The first-order valence-corrected chi connectivity index (χ1v) is 12.0. The molecule has 1 amide bonds. The minimum Gasteiger partial charge on any atom is -0.507 e. The first-order chi connectivity index (χ1) is 16.6. The SMILES string of the molecule is CC(C)(C)c1ccc(OCC(=O)NC(=S)Nc2ccc3oc(-c4ccc(O)c(Br)c4)nc3c2)cc1. The second-order valence-corrected chi connectivity index (χ2v) is 10.2. The van der Waals surface area contributed by atoms with Crippen LogP contribution in [0.15, 0.2) is 69.6 Å². The number of benzene rings is 3. The van der Waals surface area contributed by atoms with Gasteiger partial charge in [-0.2, -0.15) is 0 Å². The molecule has 3 aromatic carbocycles. The number of fused-ring (bicyclic) bond motifs is 1. The van der Waals surface area contributed by atoms with E-state index in [-0.39, 0.29) is 28.8 Å². The Labute approximate surface area is 216 Å². The van der Waals surface area contributed by atoms with Crippen LogP contribution in [0.4, 0.5) is 5.69 Å². The summed E-state index contributed by atoms with van der Waals surface area (Å²) in [4.78, 5) is 16.8. The van der Waals surface area contributed by atoms with E-state index >= 15 is 0 Å². The number of carbonyl (C=O) groups excluding carboxylic acids is 1. The van der Waals surface area contributed by atoms with Crippen molar-refractivity contribution >= 4 is 56.0 Å². The van der Waals surface area contributed by atoms with Crippen LogP contribution in [-0.2, 0) is 10.2 Å². The largest absolute Gasteiger partial charge is 0.507 e. The maximum atomic E-state index is 12.3. The number of rotatable bonds is 5. The van der Waals surface area contributed by atoms with Gasteiger partial charge in [0.05, 0.1) is 4.47 Å². The fraction of sp³-hybridized carbons (Fsp3) is 0.192. The molecule has 180 valence electrons. The average Bonchev–Trinajstić information content (AvgIpc) is 3.22. The van der Waals surface area contributed by atoms with Gasteiger partial charge in [0.1, 0.15) is 17.0 Å². The summed E-state index contributed by atoms with van der Waals surface area (Å²) >= 11 is 8.55. The number of ether oxygens (including phenoxy) is 1. The lowest BCUT2D eigenvalue weighted by Crippen LogP contribution is -2.37. The summed E-state index contributed by atoms with van der Waals surface area (Å²) in [6.45, 7) is 6.25. The van der Waals surface area contributed by atoms with E-state index in [0.717, 1.165) is 5.56 Å². The molecule has 1 aromatic heterocycles. The van der Waals surface area contributed by atoms with Crippen molar-refractivity contribution in [1.82, 2.24) is 10.3 Å². The number of amides is 1. The molecule has 0 radical (unpaired) electrons. The number of thiocarbonyl (C=S) groups is 1. The predicted octanol–water partition coefficient (Wildman–Crippen LogP) is 6.15. The molecule has 0 aliphatic carbocycles. The Morgan fingerprint density at radius 1 is 1.11 bits per heavy atom. The van der Waals surface area contributed by atoms with Gasteiger partial charge >= 0.3 is 0 Å². The van der Waals surface area contributed by atoms with Gasteiger partial charge in [-0.15, -0.1) is 0 Å². The molecule has 0 bridgehead atoms. The van der Waals surface area contributed by atoms with Crippen LogP contribution < -0.4 is 15.4 Å². The van der Waals surface area contributed by atoms with E-state index in [2.05, 4.69) is 52.3 Å². The average molecular weight is 554 g/mol. The Morgan fingerprint density at radius 3 is 2.54 bits per heavy atom. The number of hydrogen-bond acceptors (Lipinski definition) is 6. The maximum Gasteiger partial charge on any atom is 0.264 e. The molecule has 0 unspecified atom stereocenters. The molecule has 4 aromatic rings. The van der Waals surface area contributed by atoms with Gasteiger partial charge in [-0.3, -0.25) is 10.1 Å². The smallest absolute Gasteiger partial charge is 0.264 e. The third-order valence-electron chi connectivity index (χ3n) is 5.18. The van der Waals surface area contributed by atoms with E-state index in [1.807, 2.05) is 24.3 Å². The zero-order valence-corrected chi connectivity index (χ0v) is 21.8. The van der Waals surface area contributed by atoms with Crippen LogP contribution >= 0.6 is 28.1 Å². The van der Waals surface area contributed by atoms with Gasteiger partial charge in [-0.25, -0.2) is 4.98 Å². The molecule has 9 heteroatoms. The number of aromatic hydroxyl groups is 1. The van der Waals surface area contributed by atoms with Gasteiger partial charge in [0, 0.05) is 11.3 Å². The Balaban J connectivity index is 1.34. The topological polar surface area (TPSA) is 96.6 Å². The van der Waals surface area contributed by atoms with Crippen molar-refractivity contribution in [2.45, 2.75) is 26.2 Å². The van der Waals surface area contributed by atoms with Crippen molar-refractivity contribution in [1.29, 1.82) is 0 Å². The van der Waals surface area contributed by atoms with Crippen molar-refractivity contribution in [3.8, 4) is 23.0 Å². The number of nitrogens with zero attached hydrogens (tertiary/aromatic N) is 1. The van der Waals surface area contributed by atoms with Gasteiger partial charge in [0.15, 0.2) is 17.3 Å². The summed E-state index contributed by atoms with van der Waals surface area (Å²) in [5.41, 5.74) is 3.81. The number of phenolic OH excluding ortho intramolecular Hbond substituents is 1. The number of halogens is 1. The zero-order valence-electron chi connectivity index (χ0n) is 19.4. The van der Waals surface area contributed by atoms with Gasteiger partial charge in [0.25, 0.3) is 5.91 Å². The number of phenols is 1. The fourth-order valence-corrected chi connectivity index (χ4v) is 3.90. The molecule has 0 saturated heterocycles. The Kier molecular flexibility index (Phi) is 7.09. The Hall–Kier alpha value is -3.43. The molecule has 0 aliphatic rings. The molecule has 1 heterocycles. The van der Waals surface area contributed by atoms with Crippen molar-refractivity contribution < 1.29 is 19.1 Å². The zero-order chi connectivity index (χ0) is 25.2. The molecule has 0 saturated carbocycles. The second kappa shape index (κ2) is 10.1. The first kappa shape index (κ1) is 24.7. The molecular formula is C26H24BrN3O4S. The maximum absolute atomic E-state index is 12.3. The number of nitrogens with one attached hydrogen (secondary N) is 2. The Bertz CT molecular complexity index is 1390. The summed E-state index contributed by atoms with van der Waals surface area (Å²) in [5, 5.41) is 15.4. The lowest BCUT2D eigenvalue weighted by atomic mass is 9.87. The molecule has 0 fully saturated rings. The molecule has 0 atom stereocenters. The van der Waals surface area contributed by atoms with Crippen LogP contribution in [0.3, 0.4) is 0 Å². The van der Waals surface area contributed by atoms with Crippen LogP contribution in [0.5, 0.6) is 11.5 Å². The molecule has 35 heavy (non-hydrogen) atoms. The molecule has 3 N–H and O–H groups in total. The van der Waals surface area contributed by atoms with Crippen molar-refractivity contribution in [3.63, 3.8) is 0 Å². The van der Waals surface area contributed by atoms with E-state index in [0.29, 0.717) is 32.9 Å². The third kappa shape index (κ3) is 6.17. The normalized spacial score (nSPS) is 11.3. The van der Waals surface area contributed by atoms with Gasteiger partial charge in [0.2, 0.25) is 5.89 Å². The highest BCUT2D eigenvalue weighted by atomic mass is 79.9. The van der Waals surface area contributed by atoms with E-state index in [1.54, 1.807) is 36.4 Å². The number of carbonyl (C=O) groups is 1. The van der Waals surface area contributed by atoms with Gasteiger partial charge < -0.3 is 19.6 Å². The van der Waals surface area contributed by atoms with Crippen molar-refractivity contribution in [2.24, 2.45) is 0 Å². The molecular weight excluding hydrogens is 530 g/mol. The molecule has 0 spiro atoms. The predicted molar refractivity (Wildman–Crippen MR) is 144 cm³/mol. The minimum atomic E-state index is -0.370. The van der Waals surface area contributed by atoms with E-state index in [1.165, 1.54) is 5.56 Å². The fourth-order valence-electron chi connectivity index (χ4n) is 3.29. The molecule has 7 nitrogen and oxygen atoms in total. The van der Waals surface area contributed by atoms with Gasteiger partial charge in [-0.1, -0.05) is 32.9 Å². The monoisotopic (exact) mass is 553 g/mol. The van der Waals surface area contributed by atoms with Crippen LogP contribution in [0.2, 0.25) is 0 Å². The molecule has 0 aliphatic heterocycles. The van der Waals surface area contributed by atoms with Crippen molar-refractivity contribution in [3.05, 3.63) is 70.7 Å². The summed E-state index contributed by atoms with van der Waals surface area (Å²) < 4.78 is 11.9. The Morgan fingerprint density at radius 2 is 1.86 bits per heavy atom. The summed E-state index contributed by atoms with van der Waals surface area (Å²) in [7, 11) is 0. The second-order valence-electron chi connectivity index (χ2n) is 8.93. The lowest BCUT2D eigenvalue weighted by molar-refractivity contribution is -0.121. The number of aromatic nitrogens is 1. The number of oxazole rings is 1. The standard InChI is InChI=1S/C26H24BrN3O4S/c1-26(2,3)16-5-8-18(9-6-16)33-14-23(32)30-25(35)28-17-7-11-22-20(13-17)29-24(34-22)15-4-10-21(31)19(27)12-15/h4-13,31H,14H2,1-3H3,(H2,28,30,32,35).